The molecule has 0 aliphatic heterocycles. The Morgan fingerprint density at radius 3 is 2.33 bits per heavy atom. The summed E-state index contributed by atoms with van der Waals surface area (Å²) >= 11 is 0. The summed E-state index contributed by atoms with van der Waals surface area (Å²) in [5.74, 6) is -2.18. The zero-order valence-corrected chi connectivity index (χ0v) is 10.4. The molecule has 0 saturated carbocycles. The topological polar surface area (TPSA) is 80.7 Å². The van der Waals surface area contributed by atoms with Crippen LogP contribution >= 0.6 is 0 Å². The summed E-state index contributed by atoms with van der Waals surface area (Å²) in [6.45, 7) is 3.17. The van der Waals surface area contributed by atoms with Crippen LogP contribution in [-0.4, -0.2) is 29.8 Å². The van der Waals surface area contributed by atoms with E-state index in [0.29, 0.717) is 5.56 Å². The molecule has 0 spiro atoms. The van der Waals surface area contributed by atoms with Gasteiger partial charge in [0, 0.05) is 6.42 Å². The second-order valence-corrected chi connectivity index (χ2v) is 3.78. The maximum absolute atomic E-state index is 11.9. The molecule has 1 N–H and O–H groups in total. The van der Waals surface area contributed by atoms with Gasteiger partial charge in [0.05, 0.1) is 18.2 Å². The molecule has 18 heavy (non-hydrogen) atoms. The third-order valence-corrected chi connectivity index (χ3v) is 2.57. The number of methoxy groups -OCH3 is 1. The van der Waals surface area contributed by atoms with Gasteiger partial charge in [0.15, 0.2) is 0 Å². The van der Waals surface area contributed by atoms with E-state index in [4.69, 9.17) is 9.84 Å². The molecule has 0 fully saturated rings. The molecular formula is C13H14O5. The zero-order valence-electron chi connectivity index (χ0n) is 10.4. The highest BCUT2D eigenvalue weighted by Crippen LogP contribution is 2.25. The first-order valence-corrected chi connectivity index (χ1v) is 5.41. The molecule has 0 aliphatic rings. The van der Waals surface area contributed by atoms with Gasteiger partial charge in [-0.25, -0.2) is 4.79 Å². The van der Waals surface area contributed by atoms with Gasteiger partial charge in [0.1, 0.15) is 5.75 Å². The van der Waals surface area contributed by atoms with Crippen molar-refractivity contribution in [3.8, 4) is 5.75 Å². The van der Waals surface area contributed by atoms with Crippen LogP contribution < -0.4 is 4.74 Å². The lowest BCUT2D eigenvalue weighted by atomic mass is 9.97. The van der Waals surface area contributed by atoms with Gasteiger partial charge < -0.3 is 9.84 Å². The molecule has 5 nitrogen and oxygen atoms in total. The van der Waals surface area contributed by atoms with Crippen molar-refractivity contribution in [3.05, 3.63) is 28.8 Å². The largest absolute Gasteiger partial charge is 0.496 e. The molecule has 0 amide bonds. The van der Waals surface area contributed by atoms with Crippen molar-refractivity contribution in [1.29, 1.82) is 0 Å². The number of ether oxygens (including phenoxy) is 1. The van der Waals surface area contributed by atoms with E-state index in [1.54, 1.807) is 13.8 Å². The number of carbonyl (C=O) groups excluding carboxylic acids is 2. The summed E-state index contributed by atoms with van der Waals surface area (Å²) in [6.07, 6.45) is 0.0993. The number of carbonyl (C=O) groups is 3. The summed E-state index contributed by atoms with van der Waals surface area (Å²) in [4.78, 5) is 34.2. The number of Topliss-reactive ketones (excluding diaryl/α,β-unsaturated/α-hetero) is 2. The van der Waals surface area contributed by atoms with Crippen molar-refractivity contribution >= 4 is 17.5 Å². The molecule has 0 unspecified atom stereocenters. The van der Waals surface area contributed by atoms with Gasteiger partial charge in [-0.05, 0) is 24.6 Å². The number of rotatable bonds is 5. The fourth-order valence-electron chi connectivity index (χ4n) is 1.63. The fraction of sp³-hybridized carbons (Fsp3) is 0.308. The van der Waals surface area contributed by atoms with Gasteiger partial charge in [-0.3, -0.25) is 9.59 Å². The number of hydrogen-bond donors (Lipinski definition) is 1. The predicted octanol–water partition coefficient (Wildman–Crippen LogP) is 1.86. The highest BCUT2D eigenvalue weighted by atomic mass is 16.5. The number of aromatic carboxylic acids is 1. The summed E-state index contributed by atoms with van der Waals surface area (Å²) in [6, 6.07) is 2.59. The van der Waals surface area contributed by atoms with Gasteiger partial charge in [0.25, 0.3) is 0 Å². The second-order valence-electron chi connectivity index (χ2n) is 3.78. The minimum Gasteiger partial charge on any atom is -0.496 e. The molecule has 0 heterocycles. The van der Waals surface area contributed by atoms with Gasteiger partial charge in [-0.2, -0.15) is 0 Å². The standard InChI is InChI=1S/C13H14O5/c1-4-9(14)12(15)11-7(2)5-8(13(16)17)6-10(11)18-3/h5-6H,4H2,1-3H3,(H,16,17). The molecule has 5 heteroatoms. The van der Waals surface area contributed by atoms with Crippen LogP contribution in [0.25, 0.3) is 0 Å². The molecule has 96 valence electrons. The Morgan fingerprint density at radius 1 is 1.28 bits per heavy atom. The first-order chi connectivity index (χ1) is 8.42. The number of aryl methyl sites for hydroxylation is 1. The average Bonchev–Trinajstić information content (AvgIpc) is 2.35. The minimum absolute atomic E-state index is 0.0184. The van der Waals surface area contributed by atoms with E-state index in [1.165, 1.54) is 19.2 Å². The van der Waals surface area contributed by atoms with Gasteiger partial charge in [-0.1, -0.05) is 6.92 Å². The number of benzene rings is 1. The van der Waals surface area contributed by atoms with Crippen LogP contribution in [0, 0.1) is 6.92 Å². The summed E-state index contributed by atoms with van der Waals surface area (Å²) in [7, 11) is 1.33. The lowest BCUT2D eigenvalue weighted by molar-refractivity contribution is -0.114. The number of ketones is 2. The molecule has 0 radical (unpaired) electrons. The smallest absolute Gasteiger partial charge is 0.335 e. The first-order valence-electron chi connectivity index (χ1n) is 5.41. The van der Waals surface area contributed by atoms with E-state index < -0.39 is 17.5 Å². The molecule has 1 aromatic carbocycles. The Labute approximate surface area is 104 Å². The third kappa shape index (κ3) is 2.56. The van der Waals surface area contributed by atoms with Crippen molar-refractivity contribution in [2.24, 2.45) is 0 Å². The Morgan fingerprint density at radius 2 is 1.89 bits per heavy atom. The Kier molecular flexibility index (Phi) is 4.20. The van der Waals surface area contributed by atoms with Gasteiger partial charge >= 0.3 is 5.97 Å². The average molecular weight is 250 g/mol. The molecule has 0 atom stereocenters. The van der Waals surface area contributed by atoms with Crippen LogP contribution in [0.2, 0.25) is 0 Å². The van der Waals surface area contributed by atoms with Crippen LogP contribution in [-0.2, 0) is 4.79 Å². The van der Waals surface area contributed by atoms with Crippen LogP contribution in [0.5, 0.6) is 5.75 Å². The molecule has 1 rings (SSSR count). The number of carboxylic acids is 1. The minimum atomic E-state index is -1.11. The van der Waals surface area contributed by atoms with Crippen LogP contribution in [0.4, 0.5) is 0 Å². The van der Waals surface area contributed by atoms with E-state index in [2.05, 4.69) is 0 Å². The highest BCUT2D eigenvalue weighted by molar-refractivity contribution is 6.44. The molecule has 0 saturated heterocycles. The van der Waals surface area contributed by atoms with Crippen molar-refractivity contribution in [3.63, 3.8) is 0 Å². The lowest BCUT2D eigenvalue weighted by Gasteiger charge is -2.11. The van der Waals surface area contributed by atoms with Crippen LogP contribution in [0.3, 0.4) is 0 Å². The van der Waals surface area contributed by atoms with Crippen molar-refractivity contribution in [1.82, 2.24) is 0 Å². The van der Waals surface area contributed by atoms with Crippen LogP contribution in [0.1, 0.15) is 39.6 Å². The lowest BCUT2D eigenvalue weighted by Crippen LogP contribution is -2.16. The Bertz CT molecular complexity index is 516. The van der Waals surface area contributed by atoms with Crippen LogP contribution in [0.15, 0.2) is 12.1 Å². The second kappa shape index (κ2) is 5.44. The monoisotopic (exact) mass is 250 g/mol. The quantitative estimate of drug-likeness (QED) is 0.637. The highest BCUT2D eigenvalue weighted by Gasteiger charge is 2.22. The van der Waals surface area contributed by atoms with Crippen molar-refractivity contribution < 1.29 is 24.2 Å². The van der Waals surface area contributed by atoms with Crippen molar-refractivity contribution in [2.75, 3.05) is 7.11 Å². The summed E-state index contributed by atoms with van der Waals surface area (Å²) in [5, 5.41) is 8.91. The molecule has 0 aromatic heterocycles. The van der Waals surface area contributed by atoms with Gasteiger partial charge in [0.2, 0.25) is 11.6 Å². The van der Waals surface area contributed by atoms with E-state index in [1.807, 2.05) is 0 Å². The van der Waals surface area contributed by atoms with E-state index in [9.17, 15) is 14.4 Å². The zero-order chi connectivity index (χ0) is 13.9. The number of hydrogen-bond acceptors (Lipinski definition) is 4. The molecule has 0 aliphatic carbocycles. The summed E-state index contributed by atoms with van der Waals surface area (Å²) in [5.41, 5.74) is 0.567. The maximum Gasteiger partial charge on any atom is 0.335 e. The predicted molar refractivity (Wildman–Crippen MR) is 64.3 cm³/mol. The molecule has 0 bridgehead atoms. The Balaban J connectivity index is 3.40. The van der Waals surface area contributed by atoms with Gasteiger partial charge in [-0.15, -0.1) is 0 Å². The maximum atomic E-state index is 11.9. The first kappa shape index (κ1) is 13.9. The fourth-order valence-corrected chi connectivity index (χ4v) is 1.63. The third-order valence-electron chi connectivity index (χ3n) is 2.57. The van der Waals surface area contributed by atoms with Crippen molar-refractivity contribution in [2.45, 2.75) is 20.3 Å². The van der Waals surface area contributed by atoms with E-state index >= 15 is 0 Å². The van der Waals surface area contributed by atoms with E-state index in [-0.39, 0.29) is 23.3 Å². The summed E-state index contributed by atoms with van der Waals surface area (Å²) < 4.78 is 5.00. The molecular weight excluding hydrogens is 236 g/mol. The number of carboxylic acid groups (broad SMARTS) is 1. The molecule has 1 aromatic rings. The Hall–Kier alpha value is -2.17. The normalized spacial score (nSPS) is 9.94. The van der Waals surface area contributed by atoms with E-state index in [0.717, 1.165) is 0 Å². The SMILES string of the molecule is CCC(=O)C(=O)c1c(C)cc(C(=O)O)cc1OC.